The number of amides is 2. The van der Waals surface area contributed by atoms with Crippen LogP contribution in [0.25, 0.3) is 0 Å². The smallest absolute Gasteiger partial charge is 0.337 e. The van der Waals surface area contributed by atoms with Gasteiger partial charge >= 0.3 is 5.97 Å². The highest BCUT2D eigenvalue weighted by atomic mass is 16.5. The number of hydrogen-bond acceptors (Lipinski definition) is 6. The lowest BCUT2D eigenvalue weighted by atomic mass is 10.1. The molecular formula is C18H23N3O5. The number of nitrogens with one attached hydrogen (secondary N) is 1. The summed E-state index contributed by atoms with van der Waals surface area (Å²) in [7, 11) is 4.56. The van der Waals surface area contributed by atoms with E-state index in [0.29, 0.717) is 16.8 Å². The summed E-state index contributed by atoms with van der Waals surface area (Å²) < 4.78 is 4.76. The number of anilines is 1. The van der Waals surface area contributed by atoms with Gasteiger partial charge in [-0.3, -0.25) is 9.59 Å². The van der Waals surface area contributed by atoms with Gasteiger partial charge in [-0.05, 0) is 24.6 Å². The number of nitrogens with zero attached hydrogens (tertiary/aromatic N) is 2. The highest BCUT2D eigenvalue weighted by Crippen LogP contribution is 2.26. The van der Waals surface area contributed by atoms with Crippen LogP contribution in [0.3, 0.4) is 0 Å². The number of carbonyl (C=O) groups excluding carboxylic acids is 3. The lowest BCUT2D eigenvalue weighted by Gasteiger charge is -2.17. The van der Waals surface area contributed by atoms with Crippen molar-refractivity contribution in [2.75, 3.05) is 46.2 Å². The molecule has 0 aromatic heterocycles. The number of hydrogen-bond donors (Lipinski definition) is 2. The van der Waals surface area contributed by atoms with Crippen molar-refractivity contribution in [2.24, 2.45) is 0 Å². The fourth-order valence-electron chi connectivity index (χ4n) is 2.73. The molecule has 0 fully saturated rings. The zero-order chi connectivity index (χ0) is 19.4. The predicted octanol–water partition coefficient (Wildman–Crippen LogP) is 0.370. The maximum absolute atomic E-state index is 12.6. The highest BCUT2D eigenvalue weighted by Gasteiger charge is 2.34. The van der Waals surface area contributed by atoms with Gasteiger partial charge in [-0.25, -0.2) is 4.79 Å². The van der Waals surface area contributed by atoms with Crippen LogP contribution in [-0.4, -0.2) is 73.6 Å². The zero-order valence-electron chi connectivity index (χ0n) is 15.3. The third kappa shape index (κ3) is 3.70. The minimum atomic E-state index is -0.612. The normalized spacial score (nSPS) is 13.9. The topological polar surface area (TPSA) is 99.2 Å². The molecule has 0 radical (unpaired) electrons. The van der Waals surface area contributed by atoms with Crippen LogP contribution < -0.4 is 5.32 Å². The molecular weight excluding hydrogens is 338 g/mol. The first kappa shape index (κ1) is 19.5. The van der Waals surface area contributed by atoms with Crippen molar-refractivity contribution in [3.8, 4) is 0 Å². The molecule has 1 aromatic carbocycles. The summed E-state index contributed by atoms with van der Waals surface area (Å²) in [5.74, 6) is -1.17. The molecule has 0 aliphatic carbocycles. The molecule has 8 nitrogen and oxygen atoms in total. The van der Waals surface area contributed by atoms with E-state index < -0.39 is 11.9 Å². The van der Waals surface area contributed by atoms with Gasteiger partial charge < -0.3 is 25.0 Å². The van der Waals surface area contributed by atoms with Crippen LogP contribution in [0.4, 0.5) is 5.69 Å². The number of β-amino-alcohol motifs (C(OH)–C–C–N with tert-alkyl or cyclic N) is 1. The molecule has 8 heteroatoms. The molecule has 0 saturated carbocycles. The molecule has 1 heterocycles. The number of methoxy groups -OCH3 is 1. The first-order valence-electron chi connectivity index (χ1n) is 8.11. The number of aliphatic hydroxyl groups is 1. The highest BCUT2D eigenvalue weighted by molar-refractivity contribution is 6.09. The summed E-state index contributed by atoms with van der Waals surface area (Å²) in [6.45, 7) is 1.73. The van der Waals surface area contributed by atoms with Gasteiger partial charge in [0.1, 0.15) is 5.70 Å². The van der Waals surface area contributed by atoms with Crippen LogP contribution >= 0.6 is 0 Å². The van der Waals surface area contributed by atoms with E-state index in [2.05, 4.69) is 5.32 Å². The van der Waals surface area contributed by atoms with Gasteiger partial charge in [-0.1, -0.05) is 6.07 Å². The SMILES string of the molecule is COC(=O)C1=C(Nc2cccc(C(=O)N(C)C)c2C)C(=O)N(CCO)C1. The molecule has 2 N–H and O–H groups in total. The number of ether oxygens (including phenoxy) is 1. The fourth-order valence-corrected chi connectivity index (χ4v) is 2.73. The Morgan fingerprint density at radius 1 is 1.35 bits per heavy atom. The Morgan fingerprint density at radius 2 is 2.04 bits per heavy atom. The minimum Gasteiger partial charge on any atom is -0.466 e. The molecule has 0 saturated heterocycles. The molecule has 1 aromatic rings. The van der Waals surface area contributed by atoms with E-state index in [9.17, 15) is 14.4 Å². The van der Waals surface area contributed by atoms with E-state index in [1.54, 1.807) is 39.2 Å². The maximum Gasteiger partial charge on any atom is 0.337 e. The second-order valence-electron chi connectivity index (χ2n) is 6.10. The van der Waals surface area contributed by atoms with Gasteiger partial charge in [0.05, 0.1) is 25.8 Å². The van der Waals surface area contributed by atoms with Crippen molar-refractivity contribution < 1.29 is 24.2 Å². The van der Waals surface area contributed by atoms with E-state index >= 15 is 0 Å². The van der Waals surface area contributed by atoms with Crippen molar-refractivity contribution in [2.45, 2.75) is 6.92 Å². The molecule has 140 valence electrons. The van der Waals surface area contributed by atoms with Crippen LogP contribution in [0.2, 0.25) is 0 Å². The summed E-state index contributed by atoms with van der Waals surface area (Å²) in [5, 5.41) is 12.1. The average Bonchev–Trinajstić information content (AvgIpc) is 2.92. The van der Waals surface area contributed by atoms with Gasteiger partial charge in [0.2, 0.25) is 0 Å². The Hall–Kier alpha value is -2.87. The van der Waals surface area contributed by atoms with Gasteiger partial charge in [-0.2, -0.15) is 0 Å². The first-order chi connectivity index (χ1) is 12.3. The van der Waals surface area contributed by atoms with Crippen LogP contribution in [0, 0.1) is 6.92 Å². The molecule has 2 amide bonds. The van der Waals surface area contributed by atoms with Crippen molar-refractivity contribution in [1.82, 2.24) is 9.80 Å². The quantitative estimate of drug-likeness (QED) is 0.711. The lowest BCUT2D eigenvalue weighted by molar-refractivity contribution is -0.136. The van der Waals surface area contributed by atoms with Crippen LogP contribution in [0.1, 0.15) is 15.9 Å². The van der Waals surface area contributed by atoms with Gasteiger partial charge in [0.15, 0.2) is 0 Å². The lowest BCUT2D eigenvalue weighted by Crippen LogP contribution is -2.31. The largest absolute Gasteiger partial charge is 0.466 e. The third-order valence-electron chi connectivity index (χ3n) is 4.18. The number of rotatable bonds is 6. The summed E-state index contributed by atoms with van der Waals surface area (Å²) in [6, 6.07) is 5.13. The van der Waals surface area contributed by atoms with Crippen LogP contribution in [0.5, 0.6) is 0 Å². The molecule has 0 spiro atoms. The first-order valence-corrected chi connectivity index (χ1v) is 8.11. The average molecular weight is 361 g/mol. The molecule has 26 heavy (non-hydrogen) atoms. The third-order valence-corrected chi connectivity index (χ3v) is 4.18. The molecule has 0 atom stereocenters. The van der Waals surface area contributed by atoms with Crippen molar-refractivity contribution in [1.29, 1.82) is 0 Å². The standard InChI is InChI=1S/C18H23N3O5/c1-11-12(16(23)20(2)3)6-5-7-14(11)19-15-13(18(25)26-4)10-21(8-9-22)17(15)24/h5-7,19,22H,8-10H2,1-4H3. The van der Waals surface area contributed by atoms with E-state index in [0.717, 1.165) is 0 Å². The molecule has 1 aliphatic rings. The van der Waals surface area contributed by atoms with Crippen LogP contribution in [-0.2, 0) is 14.3 Å². The Kier molecular flexibility index (Phi) is 5.99. The Balaban J connectivity index is 2.41. The molecule has 0 unspecified atom stereocenters. The molecule has 1 aliphatic heterocycles. The zero-order valence-corrected chi connectivity index (χ0v) is 15.3. The Labute approximate surface area is 152 Å². The van der Waals surface area contributed by atoms with Gasteiger partial charge in [0.25, 0.3) is 11.8 Å². The number of esters is 1. The Bertz CT molecular complexity index is 770. The van der Waals surface area contributed by atoms with Crippen molar-refractivity contribution >= 4 is 23.5 Å². The van der Waals surface area contributed by atoms with E-state index in [1.807, 2.05) is 0 Å². The van der Waals surface area contributed by atoms with E-state index in [4.69, 9.17) is 9.84 Å². The minimum absolute atomic E-state index is 0.0593. The van der Waals surface area contributed by atoms with Crippen LogP contribution in [0.15, 0.2) is 29.5 Å². The second kappa shape index (κ2) is 8.01. The predicted molar refractivity (Wildman–Crippen MR) is 95.5 cm³/mol. The monoisotopic (exact) mass is 361 g/mol. The van der Waals surface area contributed by atoms with Crippen molar-refractivity contribution in [3.05, 3.63) is 40.6 Å². The number of benzene rings is 1. The number of aliphatic hydroxyl groups excluding tert-OH is 1. The Morgan fingerprint density at radius 3 is 2.62 bits per heavy atom. The fraction of sp³-hybridized carbons (Fsp3) is 0.389. The van der Waals surface area contributed by atoms with Gasteiger partial charge in [-0.15, -0.1) is 0 Å². The van der Waals surface area contributed by atoms with Gasteiger partial charge in [0, 0.05) is 31.9 Å². The van der Waals surface area contributed by atoms with Crippen molar-refractivity contribution in [3.63, 3.8) is 0 Å². The molecule has 2 rings (SSSR count). The summed E-state index contributed by atoms with van der Waals surface area (Å²) in [6.07, 6.45) is 0. The van der Waals surface area contributed by atoms with E-state index in [-0.39, 0.29) is 36.9 Å². The summed E-state index contributed by atoms with van der Waals surface area (Å²) >= 11 is 0. The molecule has 0 bridgehead atoms. The second-order valence-corrected chi connectivity index (χ2v) is 6.10. The maximum atomic E-state index is 12.6. The summed E-state index contributed by atoms with van der Waals surface area (Å²) in [4.78, 5) is 39.7. The van der Waals surface area contributed by atoms with E-state index in [1.165, 1.54) is 16.9 Å². The number of carbonyl (C=O) groups is 3. The summed E-state index contributed by atoms with van der Waals surface area (Å²) in [5.41, 5.74) is 2.00.